The standard InChI is InChI=1S/C10H12N2O.C2H6/c1-6-4-12-5-7(2)11-10(12)8(3)9(6)13;1-2/h4-5,11H,1-3H3;1-2H3. The van der Waals surface area contributed by atoms with Crippen molar-refractivity contribution in [1.82, 2.24) is 9.38 Å². The van der Waals surface area contributed by atoms with E-state index in [2.05, 4.69) is 4.98 Å². The van der Waals surface area contributed by atoms with E-state index in [1.807, 2.05) is 51.4 Å². The van der Waals surface area contributed by atoms with Crippen LogP contribution in [-0.4, -0.2) is 9.38 Å². The van der Waals surface area contributed by atoms with E-state index in [0.29, 0.717) is 0 Å². The zero-order valence-electron chi connectivity index (χ0n) is 10.0. The van der Waals surface area contributed by atoms with Crippen LogP contribution in [0.4, 0.5) is 0 Å². The van der Waals surface area contributed by atoms with Crippen molar-refractivity contribution in [2.24, 2.45) is 0 Å². The molecule has 0 saturated heterocycles. The molecule has 2 aromatic heterocycles. The molecule has 0 aliphatic carbocycles. The normalized spacial score (nSPS) is 9.93. The average Bonchev–Trinajstić information content (AvgIpc) is 2.59. The molecule has 0 aromatic carbocycles. The van der Waals surface area contributed by atoms with Gasteiger partial charge in [-0.25, -0.2) is 0 Å². The van der Waals surface area contributed by atoms with E-state index in [1.165, 1.54) is 0 Å². The third kappa shape index (κ3) is 1.96. The average molecular weight is 206 g/mol. The molecule has 3 nitrogen and oxygen atoms in total. The molecule has 2 aromatic rings. The van der Waals surface area contributed by atoms with Gasteiger partial charge in [-0.15, -0.1) is 0 Å². The van der Waals surface area contributed by atoms with Crippen molar-refractivity contribution in [2.45, 2.75) is 34.6 Å². The summed E-state index contributed by atoms with van der Waals surface area (Å²) in [5.74, 6) is 0. The highest BCUT2D eigenvalue weighted by atomic mass is 16.1. The summed E-state index contributed by atoms with van der Waals surface area (Å²) < 4.78 is 1.96. The van der Waals surface area contributed by atoms with Crippen LogP contribution < -0.4 is 5.43 Å². The molecule has 0 spiro atoms. The molecular weight excluding hydrogens is 188 g/mol. The molecule has 0 amide bonds. The first kappa shape index (κ1) is 11.6. The van der Waals surface area contributed by atoms with Crippen LogP contribution in [-0.2, 0) is 0 Å². The molecule has 0 saturated carbocycles. The Kier molecular flexibility index (Phi) is 3.35. The predicted molar refractivity (Wildman–Crippen MR) is 63.6 cm³/mol. The van der Waals surface area contributed by atoms with E-state index in [1.54, 1.807) is 0 Å². The van der Waals surface area contributed by atoms with Gasteiger partial charge in [0.25, 0.3) is 0 Å². The maximum absolute atomic E-state index is 11.6. The molecule has 0 aliphatic rings. The van der Waals surface area contributed by atoms with Crippen molar-refractivity contribution in [1.29, 1.82) is 0 Å². The van der Waals surface area contributed by atoms with Crippen LogP contribution in [0.15, 0.2) is 17.2 Å². The van der Waals surface area contributed by atoms with E-state index in [4.69, 9.17) is 0 Å². The van der Waals surface area contributed by atoms with Crippen LogP contribution in [0.5, 0.6) is 0 Å². The van der Waals surface area contributed by atoms with Crippen molar-refractivity contribution >= 4 is 5.65 Å². The van der Waals surface area contributed by atoms with Gasteiger partial charge in [-0.05, 0) is 20.8 Å². The molecule has 2 heterocycles. The summed E-state index contributed by atoms with van der Waals surface area (Å²) in [5, 5.41) is 0. The summed E-state index contributed by atoms with van der Waals surface area (Å²) in [4.78, 5) is 14.7. The maximum atomic E-state index is 11.6. The van der Waals surface area contributed by atoms with E-state index >= 15 is 0 Å². The van der Waals surface area contributed by atoms with Crippen molar-refractivity contribution in [3.05, 3.63) is 39.4 Å². The molecule has 0 fully saturated rings. The highest BCUT2D eigenvalue weighted by Gasteiger charge is 2.05. The number of aryl methyl sites for hydroxylation is 3. The van der Waals surface area contributed by atoms with E-state index in [9.17, 15) is 4.79 Å². The fourth-order valence-corrected chi connectivity index (χ4v) is 1.62. The van der Waals surface area contributed by atoms with Gasteiger partial charge in [0.1, 0.15) is 5.65 Å². The molecule has 1 N–H and O–H groups in total. The second-order valence-corrected chi connectivity index (χ2v) is 3.46. The second-order valence-electron chi connectivity index (χ2n) is 3.46. The Balaban J connectivity index is 0.000000531. The Bertz CT molecular complexity index is 520. The van der Waals surface area contributed by atoms with Crippen molar-refractivity contribution in [2.75, 3.05) is 0 Å². The van der Waals surface area contributed by atoms with Gasteiger partial charge < -0.3 is 9.38 Å². The molecule has 15 heavy (non-hydrogen) atoms. The molecule has 0 radical (unpaired) electrons. The smallest absolute Gasteiger partial charge is 0.189 e. The Labute approximate surface area is 89.8 Å². The van der Waals surface area contributed by atoms with E-state index < -0.39 is 0 Å². The number of aromatic amines is 1. The molecule has 0 atom stereocenters. The van der Waals surface area contributed by atoms with Gasteiger partial charge in [0.15, 0.2) is 5.43 Å². The lowest BCUT2D eigenvalue weighted by molar-refractivity contribution is 1.11. The molecule has 0 bridgehead atoms. The topological polar surface area (TPSA) is 37.3 Å². The van der Waals surface area contributed by atoms with E-state index in [0.717, 1.165) is 22.5 Å². The molecule has 82 valence electrons. The number of H-pyrrole nitrogens is 1. The summed E-state index contributed by atoms with van der Waals surface area (Å²) >= 11 is 0. The number of nitrogens with one attached hydrogen (secondary N) is 1. The number of nitrogens with zero attached hydrogens (tertiary/aromatic N) is 1. The quantitative estimate of drug-likeness (QED) is 0.706. The number of fused-ring (bicyclic) bond motifs is 1. The van der Waals surface area contributed by atoms with Gasteiger partial charge >= 0.3 is 0 Å². The monoisotopic (exact) mass is 206 g/mol. The zero-order chi connectivity index (χ0) is 11.6. The zero-order valence-corrected chi connectivity index (χ0v) is 10.0. The van der Waals surface area contributed by atoms with Gasteiger partial charge in [-0.1, -0.05) is 13.8 Å². The Morgan fingerprint density at radius 3 is 2.33 bits per heavy atom. The molecule has 2 rings (SSSR count). The molecule has 0 aliphatic heterocycles. The second kappa shape index (κ2) is 4.34. The molecule has 3 heteroatoms. The summed E-state index contributed by atoms with van der Waals surface area (Å²) in [6, 6.07) is 0. The third-order valence-corrected chi connectivity index (χ3v) is 2.29. The summed E-state index contributed by atoms with van der Waals surface area (Å²) in [6.07, 6.45) is 3.84. The third-order valence-electron chi connectivity index (χ3n) is 2.29. The van der Waals surface area contributed by atoms with E-state index in [-0.39, 0.29) is 5.43 Å². The minimum atomic E-state index is 0.127. The Morgan fingerprint density at radius 2 is 1.73 bits per heavy atom. The number of pyridine rings is 1. The highest BCUT2D eigenvalue weighted by Crippen LogP contribution is 2.07. The summed E-state index contributed by atoms with van der Waals surface area (Å²) in [5.41, 5.74) is 3.66. The largest absolute Gasteiger partial charge is 0.343 e. The lowest BCUT2D eigenvalue weighted by Crippen LogP contribution is -2.10. The van der Waals surface area contributed by atoms with Crippen LogP contribution in [0.3, 0.4) is 0 Å². The Morgan fingerprint density at radius 1 is 1.13 bits per heavy atom. The first-order valence-electron chi connectivity index (χ1n) is 5.27. The van der Waals surface area contributed by atoms with Crippen molar-refractivity contribution < 1.29 is 0 Å². The van der Waals surface area contributed by atoms with Crippen molar-refractivity contribution in [3.63, 3.8) is 0 Å². The molecular formula is C12H18N2O. The van der Waals surface area contributed by atoms with Crippen LogP contribution in [0.2, 0.25) is 0 Å². The first-order chi connectivity index (χ1) is 7.09. The van der Waals surface area contributed by atoms with Crippen LogP contribution in [0.25, 0.3) is 5.65 Å². The van der Waals surface area contributed by atoms with Gasteiger partial charge in [-0.3, -0.25) is 4.79 Å². The van der Waals surface area contributed by atoms with Crippen LogP contribution >= 0.6 is 0 Å². The van der Waals surface area contributed by atoms with Gasteiger partial charge in [-0.2, -0.15) is 0 Å². The highest BCUT2D eigenvalue weighted by molar-refractivity contribution is 5.49. The Hall–Kier alpha value is -1.51. The van der Waals surface area contributed by atoms with Gasteiger partial charge in [0, 0.05) is 29.2 Å². The first-order valence-corrected chi connectivity index (χ1v) is 5.27. The molecule has 0 unspecified atom stereocenters. The fourth-order valence-electron chi connectivity index (χ4n) is 1.62. The number of rotatable bonds is 0. The lowest BCUT2D eigenvalue weighted by Gasteiger charge is -1.98. The predicted octanol–water partition coefficient (Wildman–Crippen LogP) is 2.58. The minimum absolute atomic E-state index is 0.127. The minimum Gasteiger partial charge on any atom is -0.343 e. The van der Waals surface area contributed by atoms with Crippen molar-refractivity contribution in [3.8, 4) is 0 Å². The van der Waals surface area contributed by atoms with Gasteiger partial charge in [0.05, 0.1) is 0 Å². The number of imidazole rings is 1. The summed E-state index contributed by atoms with van der Waals surface area (Å²) in [6.45, 7) is 9.66. The SMILES string of the molecule is CC.Cc1cn2cc(C)c(=O)c(C)c2[nH]1. The number of hydrogen-bond donors (Lipinski definition) is 1. The number of aromatic nitrogens is 2. The maximum Gasteiger partial charge on any atom is 0.189 e. The lowest BCUT2D eigenvalue weighted by atomic mass is 10.2. The summed E-state index contributed by atoms with van der Waals surface area (Å²) in [7, 11) is 0. The fraction of sp³-hybridized carbons (Fsp3) is 0.417. The number of hydrogen-bond acceptors (Lipinski definition) is 1. The van der Waals surface area contributed by atoms with Gasteiger partial charge in [0.2, 0.25) is 0 Å². The van der Waals surface area contributed by atoms with Crippen LogP contribution in [0, 0.1) is 20.8 Å². The van der Waals surface area contributed by atoms with Crippen LogP contribution in [0.1, 0.15) is 30.7 Å².